The Hall–Kier alpha value is -1.06. The summed E-state index contributed by atoms with van der Waals surface area (Å²) in [4.78, 5) is 0. The third-order valence-electron chi connectivity index (χ3n) is 2.89. The average molecular weight is 208 g/mol. The van der Waals surface area contributed by atoms with Gasteiger partial charge in [0.1, 0.15) is 11.9 Å². The topological polar surface area (TPSA) is 49.7 Å². The summed E-state index contributed by atoms with van der Waals surface area (Å²) in [6.07, 6.45) is 0.510. The van der Waals surface area contributed by atoms with Crippen molar-refractivity contribution in [3.05, 3.63) is 29.8 Å². The van der Waals surface area contributed by atoms with Gasteiger partial charge < -0.3 is 14.9 Å². The van der Waals surface area contributed by atoms with Crippen LogP contribution in [-0.4, -0.2) is 23.4 Å². The molecular weight excluding hydrogens is 192 g/mol. The summed E-state index contributed by atoms with van der Waals surface area (Å²) in [5.74, 6) is 0.884. The van der Waals surface area contributed by atoms with Gasteiger partial charge in [-0.2, -0.15) is 0 Å². The molecule has 1 saturated carbocycles. The molecule has 2 rings (SSSR count). The van der Waals surface area contributed by atoms with Crippen molar-refractivity contribution in [2.75, 3.05) is 7.11 Å². The van der Waals surface area contributed by atoms with Crippen molar-refractivity contribution in [2.24, 2.45) is 5.92 Å². The van der Waals surface area contributed by atoms with Gasteiger partial charge in [-0.1, -0.05) is 18.2 Å². The molecule has 0 spiro atoms. The van der Waals surface area contributed by atoms with Gasteiger partial charge in [0.25, 0.3) is 0 Å². The van der Waals surface area contributed by atoms with Gasteiger partial charge in [-0.15, -0.1) is 0 Å². The zero-order valence-corrected chi connectivity index (χ0v) is 8.76. The fourth-order valence-electron chi connectivity index (χ4n) is 1.79. The summed E-state index contributed by atoms with van der Waals surface area (Å²) in [6, 6.07) is 7.26. The standard InChI is InChI=1S/C12H16O3/c1-15-10-5-3-2-4-9(10)12(14)11(13)8-6-7-8/h2-5,8,11-14H,6-7H2,1H3. The lowest BCUT2D eigenvalue weighted by Gasteiger charge is -2.19. The maximum Gasteiger partial charge on any atom is 0.124 e. The van der Waals surface area contributed by atoms with Crippen molar-refractivity contribution in [1.29, 1.82) is 0 Å². The maximum atomic E-state index is 9.98. The van der Waals surface area contributed by atoms with Crippen molar-refractivity contribution < 1.29 is 14.9 Å². The van der Waals surface area contributed by atoms with Gasteiger partial charge in [-0.25, -0.2) is 0 Å². The van der Waals surface area contributed by atoms with Gasteiger partial charge in [0.05, 0.1) is 13.2 Å². The van der Waals surface area contributed by atoms with E-state index in [9.17, 15) is 10.2 Å². The number of rotatable bonds is 4. The number of aliphatic hydroxyl groups is 2. The van der Waals surface area contributed by atoms with Crippen molar-refractivity contribution in [3.63, 3.8) is 0 Å². The van der Waals surface area contributed by atoms with E-state index >= 15 is 0 Å². The number of ether oxygens (including phenoxy) is 1. The molecule has 1 fully saturated rings. The lowest BCUT2D eigenvalue weighted by atomic mass is 10.0. The van der Waals surface area contributed by atoms with E-state index in [0.717, 1.165) is 12.8 Å². The molecule has 0 saturated heterocycles. The van der Waals surface area contributed by atoms with Crippen LogP contribution in [0.4, 0.5) is 0 Å². The number of benzene rings is 1. The van der Waals surface area contributed by atoms with Crippen LogP contribution in [0.25, 0.3) is 0 Å². The number of hydrogen-bond donors (Lipinski definition) is 2. The van der Waals surface area contributed by atoms with Crippen molar-refractivity contribution in [3.8, 4) is 5.75 Å². The van der Waals surface area contributed by atoms with E-state index in [1.807, 2.05) is 12.1 Å². The van der Waals surface area contributed by atoms with Crippen LogP contribution >= 0.6 is 0 Å². The number of methoxy groups -OCH3 is 1. The van der Waals surface area contributed by atoms with E-state index < -0.39 is 12.2 Å². The Bertz CT molecular complexity index is 333. The summed E-state index contributed by atoms with van der Waals surface area (Å²) in [7, 11) is 1.56. The quantitative estimate of drug-likeness (QED) is 0.788. The molecule has 3 heteroatoms. The fraction of sp³-hybridized carbons (Fsp3) is 0.500. The minimum atomic E-state index is -0.839. The van der Waals surface area contributed by atoms with Crippen LogP contribution in [0.5, 0.6) is 5.75 Å². The highest BCUT2D eigenvalue weighted by Crippen LogP contribution is 2.39. The first-order valence-electron chi connectivity index (χ1n) is 5.23. The zero-order chi connectivity index (χ0) is 10.8. The molecule has 2 atom stereocenters. The maximum absolute atomic E-state index is 9.98. The van der Waals surface area contributed by atoms with Crippen LogP contribution in [0.3, 0.4) is 0 Å². The number of aliphatic hydroxyl groups excluding tert-OH is 2. The monoisotopic (exact) mass is 208 g/mol. The third-order valence-corrected chi connectivity index (χ3v) is 2.89. The molecule has 2 unspecified atom stereocenters. The molecule has 1 aliphatic carbocycles. The summed E-state index contributed by atoms with van der Waals surface area (Å²) >= 11 is 0. The molecule has 0 aromatic heterocycles. The van der Waals surface area contributed by atoms with Crippen LogP contribution < -0.4 is 4.74 Å². The van der Waals surface area contributed by atoms with Gasteiger partial charge in [0.15, 0.2) is 0 Å². The Morgan fingerprint density at radius 1 is 1.27 bits per heavy atom. The Labute approximate surface area is 89.3 Å². The van der Waals surface area contributed by atoms with Gasteiger partial charge in [-0.05, 0) is 24.8 Å². The van der Waals surface area contributed by atoms with Gasteiger partial charge >= 0.3 is 0 Å². The number of para-hydroxylation sites is 1. The van der Waals surface area contributed by atoms with Gasteiger partial charge in [-0.3, -0.25) is 0 Å². The Balaban J connectivity index is 2.19. The minimum Gasteiger partial charge on any atom is -0.496 e. The van der Waals surface area contributed by atoms with Crippen LogP contribution in [0.15, 0.2) is 24.3 Å². The first-order chi connectivity index (χ1) is 7.24. The summed E-state index contributed by atoms with van der Waals surface area (Å²) in [6.45, 7) is 0. The van der Waals surface area contributed by atoms with Crippen LogP contribution in [0, 0.1) is 5.92 Å². The molecule has 0 heterocycles. The molecule has 15 heavy (non-hydrogen) atoms. The lowest BCUT2D eigenvalue weighted by molar-refractivity contribution is 0.00362. The second-order valence-electron chi connectivity index (χ2n) is 4.01. The molecule has 3 nitrogen and oxygen atoms in total. The van der Waals surface area contributed by atoms with Crippen molar-refractivity contribution in [1.82, 2.24) is 0 Å². The van der Waals surface area contributed by atoms with Crippen molar-refractivity contribution in [2.45, 2.75) is 25.0 Å². The Morgan fingerprint density at radius 2 is 1.93 bits per heavy atom. The molecule has 0 bridgehead atoms. The van der Waals surface area contributed by atoms with Gasteiger partial charge in [0.2, 0.25) is 0 Å². The average Bonchev–Trinajstić information content (AvgIpc) is 3.11. The molecule has 2 N–H and O–H groups in total. The normalized spacial score (nSPS) is 19.7. The van der Waals surface area contributed by atoms with Crippen molar-refractivity contribution >= 4 is 0 Å². The molecule has 1 aliphatic rings. The molecule has 0 amide bonds. The summed E-state index contributed by atoms with van der Waals surface area (Å²) in [5.41, 5.74) is 0.666. The largest absolute Gasteiger partial charge is 0.496 e. The highest BCUT2D eigenvalue weighted by Gasteiger charge is 2.35. The summed E-state index contributed by atoms with van der Waals surface area (Å²) < 4.78 is 5.15. The van der Waals surface area contributed by atoms with Crippen LogP contribution in [-0.2, 0) is 0 Å². The first kappa shape index (κ1) is 10.5. The third kappa shape index (κ3) is 2.13. The molecule has 0 radical (unpaired) electrons. The Kier molecular flexibility index (Phi) is 2.93. The van der Waals surface area contributed by atoms with Gasteiger partial charge in [0, 0.05) is 5.56 Å². The first-order valence-corrected chi connectivity index (χ1v) is 5.23. The molecule has 1 aromatic carbocycles. The van der Waals surface area contributed by atoms with E-state index in [1.165, 1.54) is 0 Å². The van der Waals surface area contributed by atoms with E-state index in [-0.39, 0.29) is 5.92 Å². The second-order valence-corrected chi connectivity index (χ2v) is 4.01. The zero-order valence-electron chi connectivity index (χ0n) is 8.76. The second kappa shape index (κ2) is 4.21. The highest BCUT2D eigenvalue weighted by atomic mass is 16.5. The lowest BCUT2D eigenvalue weighted by Crippen LogP contribution is -2.20. The SMILES string of the molecule is COc1ccccc1C(O)C(O)C1CC1. The minimum absolute atomic E-state index is 0.255. The van der Waals surface area contributed by atoms with E-state index in [4.69, 9.17) is 4.74 Å². The number of hydrogen-bond acceptors (Lipinski definition) is 3. The van der Waals surface area contributed by atoms with E-state index in [0.29, 0.717) is 11.3 Å². The predicted octanol–water partition coefficient (Wildman–Crippen LogP) is 1.50. The van der Waals surface area contributed by atoms with Crippen LogP contribution in [0.2, 0.25) is 0 Å². The van der Waals surface area contributed by atoms with Crippen LogP contribution in [0.1, 0.15) is 24.5 Å². The molecular formula is C12H16O3. The van der Waals surface area contributed by atoms with E-state index in [2.05, 4.69) is 0 Å². The Morgan fingerprint density at radius 3 is 2.53 bits per heavy atom. The molecule has 82 valence electrons. The smallest absolute Gasteiger partial charge is 0.124 e. The van der Waals surface area contributed by atoms with E-state index in [1.54, 1.807) is 19.2 Å². The predicted molar refractivity (Wildman–Crippen MR) is 56.7 cm³/mol. The fourth-order valence-corrected chi connectivity index (χ4v) is 1.79. The molecule has 1 aromatic rings. The molecule has 0 aliphatic heterocycles. The summed E-state index contributed by atoms with van der Waals surface area (Å²) in [5, 5.41) is 19.8. The highest BCUT2D eigenvalue weighted by molar-refractivity contribution is 5.35.